The van der Waals surface area contributed by atoms with E-state index in [0.717, 1.165) is 47.4 Å². The third-order valence-corrected chi connectivity index (χ3v) is 7.13. The van der Waals surface area contributed by atoms with Crippen LogP contribution in [0.1, 0.15) is 40.4 Å². The summed E-state index contributed by atoms with van der Waals surface area (Å²) < 4.78 is 24.6. The number of methoxy groups -OCH3 is 1. The predicted molar refractivity (Wildman–Crippen MR) is 135 cm³/mol. The van der Waals surface area contributed by atoms with Crippen molar-refractivity contribution in [1.82, 2.24) is 4.90 Å². The number of benzene rings is 2. The van der Waals surface area contributed by atoms with Crippen molar-refractivity contribution in [2.45, 2.75) is 32.0 Å². The van der Waals surface area contributed by atoms with Crippen molar-refractivity contribution in [3.8, 4) is 11.5 Å². The molecule has 0 radical (unpaired) electrons. The van der Waals surface area contributed by atoms with Gasteiger partial charge in [0.1, 0.15) is 24.3 Å². The van der Waals surface area contributed by atoms with E-state index in [1.54, 1.807) is 31.0 Å². The maximum atomic E-state index is 13.2. The number of halogens is 1. The first-order valence-electron chi connectivity index (χ1n) is 11.5. The van der Waals surface area contributed by atoms with Crippen molar-refractivity contribution in [3.05, 3.63) is 53.1 Å². The number of carbonyl (C=O) groups excluding carboxylic acids is 1. The van der Waals surface area contributed by atoms with E-state index in [9.17, 15) is 9.18 Å². The minimum atomic E-state index is -0.650. The largest absolute Gasteiger partial charge is 0.495 e. The molecule has 0 bridgehead atoms. The van der Waals surface area contributed by atoms with Crippen molar-refractivity contribution in [3.63, 3.8) is 0 Å². The van der Waals surface area contributed by atoms with Crippen LogP contribution >= 0.6 is 11.8 Å². The topological polar surface area (TPSA) is 89.2 Å². The first kappa shape index (κ1) is 24.3. The highest BCUT2D eigenvalue weighted by Gasteiger charge is 2.22. The Kier molecular flexibility index (Phi) is 7.95. The quantitative estimate of drug-likeness (QED) is 0.582. The van der Waals surface area contributed by atoms with E-state index < -0.39 is 12.1 Å². The zero-order valence-corrected chi connectivity index (χ0v) is 20.4. The van der Waals surface area contributed by atoms with Crippen LogP contribution in [0, 0.1) is 6.92 Å². The second-order valence-electron chi connectivity index (χ2n) is 8.55. The Morgan fingerprint density at radius 2 is 2.00 bits per heavy atom. The number of amidine groups is 1. The van der Waals surface area contributed by atoms with Crippen LogP contribution in [0.15, 0.2) is 41.4 Å². The van der Waals surface area contributed by atoms with Crippen molar-refractivity contribution in [2.75, 3.05) is 44.4 Å². The Morgan fingerprint density at radius 1 is 1.26 bits per heavy atom. The third kappa shape index (κ3) is 6.01. The number of aryl methyl sites for hydroxylation is 1. The van der Waals surface area contributed by atoms with Crippen LogP contribution in [0.2, 0.25) is 0 Å². The summed E-state index contributed by atoms with van der Waals surface area (Å²) in [4.78, 5) is 18.8. The Balaban J connectivity index is 1.34. The van der Waals surface area contributed by atoms with Gasteiger partial charge in [-0.2, -0.15) is 0 Å². The molecule has 0 saturated carbocycles. The maximum absolute atomic E-state index is 13.2. The number of hydrogen-bond acceptors (Lipinski definition) is 7. The summed E-state index contributed by atoms with van der Waals surface area (Å²) in [6, 6.07) is 11.5. The van der Waals surface area contributed by atoms with Crippen LogP contribution in [0.5, 0.6) is 11.5 Å². The molecule has 1 saturated heterocycles. The molecule has 2 aliphatic rings. The monoisotopic (exact) mass is 486 g/mol. The number of likely N-dealkylation sites (tertiary alicyclic amines) is 1. The van der Waals surface area contributed by atoms with E-state index >= 15 is 0 Å². The van der Waals surface area contributed by atoms with Gasteiger partial charge in [-0.25, -0.2) is 4.39 Å². The van der Waals surface area contributed by atoms with Crippen LogP contribution in [0.25, 0.3) is 0 Å². The van der Waals surface area contributed by atoms with E-state index in [-0.39, 0.29) is 6.04 Å². The fourth-order valence-electron chi connectivity index (χ4n) is 4.15. The van der Waals surface area contributed by atoms with Crippen molar-refractivity contribution >= 4 is 28.5 Å². The number of anilines is 1. The van der Waals surface area contributed by atoms with Crippen LogP contribution in [0.3, 0.4) is 0 Å². The molecule has 9 heteroatoms. The number of amides is 1. The second kappa shape index (κ2) is 11.1. The van der Waals surface area contributed by atoms with Gasteiger partial charge in [-0.1, -0.05) is 23.9 Å². The molecule has 0 aliphatic carbocycles. The number of nitrogens with two attached hydrogens (primary N) is 1. The van der Waals surface area contributed by atoms with Gasteiger partial charge in [-0.15, -0.1) is 0 Å². The second-order valence-corrected chi connectivity index (χ2v) is 9.56. The minimum Gasteiger partial charge on any atom is -0.495 e. The summed E-state index contributed by atoms with van der Waals surface area (Å²) in [5.74, 6) is 1.78. The molecule has 2 aliphatic heterocycles. The van der Waals surface area contributed by atoms with Crippen LogP contribution in [-0.4, -0.2) is 61.3 Å². The highest BCUT2D eigenvalue weighted by molar-refractivity contribution is 8.14. The molecular formula is C25H31FN4O3S. The highest BCUT2D eigenvalue weighted by Crippen LogP contribution is 2.34. The average Bonchev–Trinajstić information content (AvgIpc) is 3.30. The number of hydrogen-bond donors (Lipinski definition) is 2. The predicted octanol–water partition coefficient (Wildman–Crippen LogP) is 4.17. The number of alkyl halides is 1. The van der Waals surface area contributed by atoms with Gasteiger partial charge in [0.2, 0.25) is 5.91 Å². The van der Waals surface area contributed by atoms with Crippen molar-refractivity contribution in [1.29, 1.82) is 0 Å². The molecule has 0 aromatic heterocycles. The lowest BCUT2D eigenvalue weighted by Gasteiger charge is -2.28. The highest BCUT2D eigenvalue weighted by atomic mass is 32.2. The molecule has 3 N–H and O–H groups in total. The van der Waals surface area contributed by atoms with Gasteiger partial charge in [-0.05, 0) is 55.2 Å². The zero-order valence-electron chi connectivity index (χ0n) is 19.6. The number of ether oxygens (including phenoxy) is 2. The third-order valence-electron chi connectivity index (χ3n) is 6.16. The average molecular weight is 487 g/mol. The molecule has 2 aromatic carbocycles. The molecule has 2 aromatic rings. The van der Waals surface area contributed by atoms with Gasteiger partial charge < -0.3 is 20.5 Å². The number of aliphatic imine (C=N–C) groups is 1. The fourth-order valence-corrected chi connectivity index (χ4v) is 5.11. The number of thioether (sulfide) groups is 1. The Hall–Kier alpha value is -2.78. The summed E-state index contributed by atoms with van der Waals surface area (Å²) in [6.45, 7) is 4.83. The van der Waals surface area contributed by atoms with E-state index in [2.05, 4.69) is 10.2 Å². The van der Waals surface area contributed by atoms with Gasteiger partial charge >= 0.3 is 0 Å². The first-order chi connectivity index (χ1) is 16.4. The smallest absolute Gasteiger partial charge is 0.249 e. The first-order valence-corrected chi connectivity index (χ1v) is 12.5. The molecule has 182 valence electrons. The summed E-state index contributed by atoms with van der Waals surface area (Å²) in [5, 5.41) is 4.05. The molecule has 1 atom stereocenters. The van der Waals surface area contributed by atoms with Crippen LogP contribution in [0.4, 0.5) is 10.1 Å². The standard InChI is InChI=1S/C25H31FN4O3S/c1-16-13-23(32-2)21(14-20(16)24(27)31)28-25-29-22(15-34-25)17-3-5-19(6-4-17)33-12-11-30-9-7-18(26)8-10-30/h3-6,13-14,18,22H,7-12,15H2,1-2H3,(H2,27,31)(H,28,29). The Labute approximate surface area is 203 Å². The Bertz CT molecular complexity index is 1040. The van der Waals surface area contributed by atoms with E-state index in [0.29, 0.717) is 36.4 Å². The molecule has 0 spiro atoms. The zero-order chi connectivity index (χ0) is 24.1. The van der Waals surface area contributed by atoms with Gasteiger partial charge in [0, 0.05) is 31.0 Å². The summed E-state index contributed by atoms with van der Waals surface area (Å²) in [6.07, 6.45) is 0.589. The van der Waals surface area contributed by atoms with Crippen LogP contribution in [-0.2, 0) is 0 Å². The molecule has 2 heterocycles. The molecule has 1 amide bonds. The minimum absolute atomic E-state index is 0.0237. The SMILES string of the molecule is COc1cc(C)c(C(N)=O)cc1NC1=NC(c2ccc(OCCN3CCC(F)CC3)cc2)CS1. The number of nitrogens with one attached hydrogen (secondary N) is 1. The normalized spacial score (nSPS) is 19.0. The summed E-state index contributed by atoms with van der Waals surface area (Å²) in [5.41, 5.74) is 8.48. The number of rotatable bonds is 8. The molecule has 1 fully saturated rings. The number of primary amides is 1. The van der Waals surface area contributed by atoms with Gasteiger partial charge in [0.05, 0.1) is 18.8 Å². The summed E-state index contributed by atoms with van der Waals surface area (Å²) in [7, 11) is 1.59. The molecular weight excluding hydrogens is 455 g/mol. The van der Waals surface area contributed by atoms with Gasteiger partial charge in [0.25, 0.3) is 0 Å². The molecule has 4 rings (SSSR count). The number of carbonyl (C=O) groups is 1. The number of nitrogens with zero attached hydrogens (tertiary/aromatic N) is 2. The maximum Gasteiger partial charge on any atom is 0.249 e. The van der Waals surface area contributed by atoms with Gasteiger partial charge in [0.15, 0.2) is 5.17 Å². The van der Waals surface area contributed by atoms with E-state index in [1.807, 2.05) is 31.2 Å². The lowest BCUT2D eigenvalue weighted by atomic mass is 10.1. The van der Waals surface area contributed by atoms with Crippen molar-refractivity contribution < 1.29 is 18.7 Å². The summed E-state index contributed by atoms with van der Waals surface area (Å²) >= 11 is 1.62. The van der Waals surface area contributed by atoms with E-state index in [1.165, 1.54) is 0 Å². The number of piperidine rings is 1. The van der Waals surface area contributed by atoms with Crippen LogP contribution < -0.4 is 20.5 Å². The van der Waals surface area contributed by atoms with Crippen molar-refractivity contribution in [2.24, 2.45) is 10.7 Å². The lowest BCUT2D eigenvalue weighted by molar-refractivity contribution is 0.0999. The van der Waals surface area contributed by atoms with Gasteiger partial charge in [-0.3, -0.25) is 14.7 Å². The molecule has 7 nitrogen and oxygen atoms in total. The lowest BCUT2D eigenvalue weighted by Crippen LogP contribution is -2.37. The Morgan fingerprint density at radius 3 is 2.68 bits per heavy atom. The molecule has 1 unspecified atom stereocenters. The molecule has 34 heavy (non-hydrogen) atoms. The fraction of sp³-hybridized carbons (Fsp3) is 0.440. The van der Waals surface area contributed by atoms with E-state index in [4.69, 9.17) is 20.2 Å².